The Morgan fingerprint density at radius 1 is 0.975 bits per heavy atom. The molecule has 1 atom stereocenters. The van der Waals surface area contributed by atoms with E-state index in [4.69, 9.17) is 4.74 Å². The lowest BCUT2D eigenvalue weighted by molar-refractivity contribution is -0.139. The van der Waals surface area contributed by atoms with Crippen molar-refractivity contribution in [1.82, 2.24) is 10.2 Å². The Morgan fingerprint density at radius 3 is 2.25 bits per heavy atom. The molecule has 2 amide bonds. The van der Waals surface area contributed by atoms with Crippen molar-refractivity contribution in [3.05, 3.63) is 88.9 Å². The molecule has 4 rings (SSSR count). The van der Waals surface area contributed by atoms with Gasteiger partial charge in [0.25, 0.3) is 10.0 Å². The first-order valence-electron chi connectivity index (χ1n) is 13.3. The molecule has 1 fully saturated rings. The van der Waals surface area contributed by atoms with Gasteiger partial charge in [-0.25, -0.2) is 8.42 Å². The highest BCUT2D eigenvalue weighted by atomic mass is 79.9. The van der Waals surface area contributed by atoms with Gasteiger partial charge in [0.2, 0.25) is 11.8 Å². The largest absolute Gasteiger partial charge is 0.495 e. The zero-order valence-corrected chi connectivity index (χ0v) is 25.0. The lowest BCUT2D eigenvalue weighted by Gasteiger charge is -2.32. The number of carbonyl (C=O) groups is 2. The van der Waals surface area contributed by atoms with E-state index in [1.165, 1.54) is 24.1 Å². The number of hydrogen-bond acceptors (Lipinski definition) is 5. The Kier molecular flexibility index (Phi) is 9.86. The van der Waals surface area contributed by atoms with E-state index in [9.17, 15) is 18.0 Å². The van der Waals surface area contributed by atoms with Crippen LogP contribution in [0.2, 0.25) is 0 Å². The normalized spacial score (nSPS) is 14.4. The van der Waals surface area contributed by atoms with Gasteiger partial charge in [-0.05, 0) is 61.7 Å². The molecule has 0 radical (unpaired) electrons. The van der Waals surface area contributed by atoms with Gasteiger partial charge in [-0.15, -0.1) is 0 Å². The Labute approximate surface area is 244 Å². The van der Waals surface area contributed by atoms with Crippen molar-refractivity contribution < 1.29 is 22.7 Å². The molecule has 0 heterocycles. The number of hydrogen-bond donors (Lipinski definition) is 1. The summed E-state index contributed by atoms with van der Waals surface area (Å²) in [4.78, 5) is 28.8. The highest BCUT2D eigenvalue weighted by Gasteiger charge is 2.34. The molecule has 0 unspecified atom stereocenters. The second kappa shape index (κ2) is 13.3. The third-order valence-electron chi connectivity index (χ3n) is 7.10. The second-order valence-corrected chi connectivity index (χ2v) is 12.6. The van der Waals surface area contributed by atoms with Crippen molar-refractivity contribution in [3.63, 3.8) is 0 Å². The summed E-state index contributed by atoms with van der Waals surface area (Å²) in [6.07, 6.45) is 3.95. The SMILES string of the molecule is COc1ccccc1N(CC(=O)N(Cc1ccc(Br)cc1)[C@@H](C)C(=O)NC1CCCC1)S(=O)(=O)c1ccccc1. The number of benzene rings is 3. The fraction of sp³-hybridized carbons (Fsp3) is 0.333. The molecule has 0 spiro atoms. The van der Waals surface area contributed by atoms with Crippen molar-refractivity contribution in [2.45, 2.75) is 56.1 Å². The maximum atomic E-state index is 14.0. The maximum Gasteiger partial charge on any atom is 0.264 e. The number of rotatable bonds is 11. The van der Waals surface area contributed by atoms with E-state index in [1.54, 1.807) is 49.4 Å². The molecular formula is C30H34BrN3O5S. The number of nitrogens with one attached hydrogen (secondary N) is 1. The topological polar surface area (TPSA) is 96.0 Å². The number of methoxy groups -OCH3 is 1. The van der Waals surface area contributed by atoms with Crippen LogP contribution in [0.25, 0.3) is 0 Å². The van der Waals surface area contributed by atoms with E-state index >= 15 is 0 Å². The fourth-order valence-corrected chi connectivity index (χ4v) is 6.54. The average Bonchev–Trinajstić information content (AvgIpc) is 3.48. The monoisotopic (exact) mass is 627 g/mol. The minimum atomic E-state index is -4.16. The van der Waals surface area contributed by atoms with E-state index in [2.05, 4.69) is 21.2 Å². The first-order valence-corrected chi connectivity index (χ1v) is 15.5. The average molecular weight is 629 g/mol. The van der Waals surface area contributed by atoms with E-state index in [0.717, 1.165) is 40.0 Å². The summed E-state index contributed by atoms with van der Waals surface area (Å²) in [6.45, 7) is 1.30. The number of anilines is 1. The smallest absolute Gasteiger partial charge is 0.264 e. The fourth-order valence-electron chi connectivity index (χ4n) is 4.83. The van der Waals surface area contributed by atoms with Gasteiger partial charge in [-0.3, -0.25) is 13.9 Å². The van der Waals surface area contributed by atoms with Crippen LogP contribution in [0.4, 0.5) is 5.69 Å². The second-order valence-electron chi connectivity index (χ2n) is 9.81. The van der Waals surface area contributed by atoms with Crippen molar-refractivity contribution in [3.8, 4) is 5.75 Å². The molecular weight excluding hydrogens is 594 g/mol. The van der Waals surface area contributed by atoms with E-state index < -0.39 is 28.5 Å². The molecule has 212 valence electrons. The van der Waals surface area contributed by atoms with Crippen LogP contribution in [0, 0.1) is 0 Å². The van der Waals surface area contributed by atoms with Crippen LogP contribution in [0.3, 0.4) is 0 Å². The van der Waals surface area contributed by atoms with Crippen LogP contribution < -0.4 is 14.4 Å². The third kappa shape index (κ3) is 7.03. The lowest BCUT2D eigenvalue weighted by atomic mass is 10.1. The zero-order valence-electron chi connectivity index (χ0n) is 22.6. The van der Waals surface area contributed by atoms with Crippen molar-refractivity contribution in [2.75, 3.05) is 18.0 Å². The summed E-state index contributed by atoms with van der Waals surface area (Å²) in [6, 6.07) is 21.3. The van der Waals surface area contributed by atoms with Crippen molar-refractivity contribution in [2.24, 2.45) is 0 Å². The van der Waals surface area contributed by atoms with Crippen LogP contribution in [0.1, 0.15) is 38.2 Å². The Bertz CT molecular complexity index is 1410. The van der Waals surface area contributed by atoms with Gasteiger partial charge in [-0.2, -0.15) is 0 Å². The zero-order chi connectivity index (χ0) is 28.7. The molecule has 0 aromatic heterocycles. The summed E-state index contributed by atoms with van der Waals surface area (Å²) < 4.78 is 35.2. The van der Waals surface area contributed by atoms with Gasteiger partial charge in [0.15, 0.2) is 0 Å². The Morgan fingerprint density at radius 2 is 1.60 bits per heavy atom. The van der Waals surface area contributed by atoms with Crippen LogP contribution in [-0.4, -0.2) is 50.9 Å². The van der Waals surface area contributed by atoms with Gasteiger partial charge in [0, 0.05) is 17.1 Å². The number of sulfonamides is 1. The van der Waals surface area contributed by atoms with Crippen LogP contribution in [0.5, 0.6) is 5.75 Å². The predicted molar refractivity (Wildman–Crippen MR) is 159 cm³/mol. The molecule has 1 aliphatic rings. The molecule has 1 saturated carbocycles. The number of carbonyl (C=O) groups excluding carboxylic acids is 2. The molecule has 1 N–H and O–H groups in total. The molecule has 3 aromatic carbocycles. The molecule has 0 aliphatic heterocycles. The molecule has 40 heavy (non-hydrogen) atoms. The predicted octanol–water partition coefficient (Wildman–Crippen LogP) is 5.13. The summed E-state index contributed by atoms with van der Waals surface area (Å²) in [5.74, 6) is -0.462. The van der Waals surface area contributed by atoms with E-state index in [-0.39, 0.29) is 29.1 Å². The van der Waals surface area contributed by atoms with Gasteiger partial charge in [0.1, 0.15) is 18.3 Å². The Hall–Kier alpha value is -3.37. The van der Waals surface area contributed by atoms with Gasteiger partial charge >= 0.3 is 0 Å². The number of ether oxygens (including phenoxy) is 1. The quantitative estimate of drug-likeness (QED) is 0.318. The lowest BCUT2D eigenvalue weighted by Crippen LogP contribution is -2.52. The van der Waals surface area contributed by atoms with Crippen molar-refractivity contribution in [1.29, 1.82) is 0 Å². The van der Waals surface area contributed by atoms with Gasteiger partial charge in [0.05, 0.1) is 17.7 Å². The highest BCUT2D eigenvalue weighted by Crippen LogP contribution is 2.32. The number of nitrogens with zero attached hydrogens (tertiary/aromatic N) is 2. The first-order chi connectivity index (χ1) is 19.2. The standard InChI is InChI=1S/C30H34BrN3O5S/c1-22(30(36)32-25-10-6-7-11-25)33(20-23-16-18-24(31)19-17-23)29(35)21-34(27-14-8-9-15-28(27)39-2)40(37,38)26-12-4-3-5-13-26/h3-5,8-9,12-19,22,25H,6-7,10-11,20-21H2,1-2H3,(H,32,36)/t22-/m0/s1. The number of halogens is 1. The molecule has 0 saturated heterocycles. The maximum absolute atomic E-state index is 14.0. The molecule has 0 bridgehead atoms. The summed E-state index contributed by atoms with van der Waals surface area (Å²) in [7, 11) is -2.71. The van der Waals surface area contributed by atoms with Crippen LogP contribution in [0.15, 0.2) is 88.2 Å². The number of amides is 2. The molecule has 10 heteroatoms. The Balaban J connectivity index is 1.70. The summed E-state index contributed by atoms with van der Waals surface area (Å²) in [5, 5.41) is 3.08. The molecule has 3 aromatic rings. The van der Waals surface area contributed by atoms with Gasteiger partial charge < -0.3 is 15.0 Å². The number of para-hydroxylation sites is 2. The minimum Gasteiger partial charge on any atom is -0.495 e. The first kappa shape index (κ1) is 29.6. The van der Waals surface area contributed by atoms with E-state index in [1.807, 2.05) is 24.3 Å². The summed E-state index contributed by atoms with van der Waals surface area (Å²) >= 11 is 3.43. The van der Waals surface area contributed by atoms with Crippen LogP contribution >= 0.6 is 15.9 Å². The molecule has 1 aliphatic carbocycles. The third-order valence-corrected chi connectivity index (χ3v) is 9.40. The van der Waals surface area contributed by atoms with Gasteiger partial charge in [-0.1, -0.05) is 71.2 Å². The minimum absolute atomic E-state index is 0.0418. The molecule has 8 nitrogen and oxygen atoms in total. The van der Waals surface area contributed by atoms with E-state index in [0.29, 0.717) is 5.75 Å². The highest BCUT2D eigenvalue weighted by molar-refractivity contribution is 9.10. The summed E-state index contributed by atoms with van der Waals surface area (Å²) in [5.41, 5.74) is 1.04. The van der Waals surface area contributed by atoms with Crippen LogP contribution in [-0.2, 0) is 26.2 Å². The van der Waals surface area contributed by atoms with Crippen molar-refractivity contribution >= 4 is 43.5 Å².